The van der Waals surface area contributed by atoms with Crippen molar-refractivity contribution in [2.24, 2.45) is 5.92 Å². The number of nitrogens with zero attached hydrogens (tertiary/aromatic N) is 2. The molecule has 1 aliphatic rings. The molecule has 1 amide bonds. The Morgan fingerprint density at radius 3 is 3.11 bits per heavy atom. The largest absolute Gasteiger partial charge is 0.345 e. The lowest BCUT2D eigenvalue weighted by molar-refractivity contribution is -0.130. The van der Waals surface area contributed by atoms with Crippen molar-refractivity contribution in [3.8, 4) is 0 Å². The molecular weight excluding hydrogens is 238 g/mol. The van der Waals surface area contributed by atoms with Crippen molar-refractivity contribution in [1.29, 1.82) is 0 Å². The first-order valence-corrected chi connectivity index (χ1v) is 7.10. The van der Waals surface area contributed by atoms with Crippen LogP contribution < -0.4 is 5.32 Å². The van der Waals surface area contributed by atoms with Gasteiger partial charge in [0.25, 0.3) is 0 Å². The van der Waals surface area contributed by atoms with Gasteiger partial charge in [0.2, 0.25) is 5.91 Å². The molecule has 1 aliphatic heterocycles. The molecule has 0 spiro atoms. The average Bonchev–Trinajstić information content (AvgIpc) is 2.47. The smallest absolute Gasteiger partial charge is 0.222 e. The number of rotatable bonds is 5. The van der Waals surface area contributed by atoms with Crippen LogP contribution in [0, 0.1) is 5.92 Å². The zero-order valence-corrected chi connectivity index (χ0v) is 11.6. The van der Waals surface area contributed by atoms with Crippen molar-refractivity contribution in [2.45, 2.75) is 25.7 Å². The molecule has 4 heteroatoms. The molecule has 1 N–H and O–H groups in total. The van der Waals surface area contributed by atoms with E-state index in [1.54, 1.807) is 6.20 Å². The molecular formula is C15H23N3O. The summed E-state index contributed by atoms with van der Waals surface area (Å²) in [7, 11) is 1.91. The standard InChI is InChI=1S/C15H23N3O/c1-18(12-13-5-4-9-16-11-13)15(19)8-7-14-6-2-3-10-17-14/h2-3,6,10,13,16H,4-5,7-9,11-12H2,1H3. The zero-order chi connectivity index (χ0) is 13.5. The van der Waals surface area contributed by atoms with Gasteiger partial charge >= 0.3 is 0 Å². The summed E-state index contributed by atoms with van der Waals surface area (Å²) in [6.45, 7) is 3.03. The van der Waals surface area contributed by atoms with E-state index in [-0.39, 0.29) is 5.91 Å². The van der Waals surface area contributed by atoms with E-state index in [9.17, 15) is 4.79 Å². The summed E-state index contributed by atoms with van der Waals surface area (Å²) in [6.07, 6.45) is 5.50. The Bertz CT molecular complexity index is 388. The highest BCUT2D eigenvalue weighted by atomic mass is 16.2. The van der Waals surface area contributed by atoms with Gasteiger partial charge in [-0.05, 0) is 50.4 Å². The van der Waals surface area contributed by atoms with E-state index < -0.39 is 0 Å². The van der Waals surface area contributed by atoms with E-state index in [0.717, 1.165) is 31.7 Å². The number of carbonyl (C=O) groups is 1. The molecule has 2 rings (SSSR count). The molecule has 2 heterocycles. The van der Waals surface area contributed by atoms with Crippen molar-refractivity contribution in [2.75, 3.05) is 26.7 Å². The summed E-state index contributed by atoms with van der Waals surface area (Å²) in [6, 6.07) is 5.83. The molecule has 104 valence electrons. The first kappa shape index (κ1) is 14.0. The Hall–Kier alpha value is -1.42. The minimum absolute atomic E-state index is 0.219. The van der Waals surface area contributed by atoms with Gasteiger partial charge in [0, 0.05) is 31.9 Å². The molecule has 0 aliphatic carbocycles. The molecule has 1 aromatic rings. The van der Waals surface area contributed by atoms with Crippen molar-refractivity contribution in [1.82, 2.24) is 15.2 Å². The molecule has 1 saturated heterocycles. The highest BCUT2D eigenvalue weighted by molar-refractivity contribution is 5.76. The summed E-state index contributed by atoms with van der Waals surface area (Å²) < 4.78 is 0. The lowest BCUT2D eigenvalue weighted by atomic mass is 9.99. The van der Waals surface area contributed by atoms with E-state index in [4.69, 9.17) is 0 Å². The van der Waals surface area contributed by atoms with Crippen LogP contribution >= 0.6 is 0 Å². The van der Waals surface area contributed by atoms with Crippen LogP contribution in [0.15, 0.2) is 24.4 Å². The predicted octanol–water partition coefficient (Wildman–Crippen LogP) is 1.47. The lowest BCUT2D eigenvalue weighted by Crippen LogP contribution is -2.39. The number of aromatic nitrogens is 1. The number of pyridine rings is 1. The van der Waals surface area contributed by atoms with Crippen molar-refractivity contribution in [3.63, 3.8) is 0 Å². The summed E-state index contributed by atoms with van der Waals surface area (Å²) >= 11 is 0. The molecule has 0 saturated carbocycles. The highest BCUT2D eigenvalue weighted by Crippen LogP contribution is 2.12. The summed E-state index contributed by atoms with van der Waals surface area (Å²) in [5.41, 5.74) is 0.989. The van der Waals surface area contributed by atoms with Crippen LogP contribution in [0.5, 0.6) is 0 Å². The van der Waals surface area contributed by atoms with Crippen molar-refractivity contribution >= 4 is 5.91 Å². The minimum Gasteiger partial charge on any atom is -0.345 e. The van der Waals surface area contributed by atoms with E-state index in [0.29, 0.717) is 12.3 Å². The van der Waals surface area contributed by atoms with Crippen LogP contribution in [-0.2, 0) is 11.2 Å². The Labute approximate surface area is 115 Å². The Balaban J connectivity index is 1.72. The van der Waals surface area contributed by atoms with Crippen LogP contribution in [0.3, 0.4) is 0 Å². The monoisotopic (exact) mass is 261 g/mol. The number of aryl methyl sites for hydroxylation is 1. The SMILES string of the molecule is CN(CC1CCCNC1)C(=O)CCc1ccccn1. The fraction of sp³-hybridized carbons (Fsp3) is 0.600. The van der Waals surface area contributed by atoms with Crippen LogP contribution in [-0.4, -0.2) is 42.5 Å². The first-order chi connectivity index (χ1) is 9.25. The Morgan fingerprint density at radius 1 is 1.53 bits per heavy atom. The van der Waals surface area contributed by atoms with Gasteiger partial charge in [-0.25, -0.2) is 0 Å². The third-order valence-electron chi connectivity index (χ3n) is 3.68. The number of nitrogens with one attached hydrogen (secondary N) is 1. The minimum atomic E-state index is 0.219. The second-order valence-corrected chi connectivity index (χ2v) is 5.31. The van der Waals surface area contributed by atoms with E-state index in [1.165, 1.54) is 12.8 Å². The average molecular weight is 261 g/mol. The third kappa shape index (κ3) is 4.63. The predicted molar refractivity (Wildman–Crippen MR) is 75.8 cm³/mol. The molecule has 1 atom stereocenters. The zero-order valence-electron chi connectivity index (χ0n) is 11.6. The second-order valence-electron chi connectivity index (χ2n) is 5.31. The van der Waals surface area contributed by atoms with Gasteiger partial charge in [0.15, 0.2) is 0 Å². The molecule has 4 nitrogen and oxygen atoms in total. The summed E-state index contributed by atoms with van der Waals surface area (Å²) in [4.78, 5) is 18.2. The van der Waals surface area contributed by atoms with Gasteiger partial charge in [0.1, 0.15) is 0 Å². The summed E-state index contributed by atoms with van der Waals surface area (Å²) in [5.74, 6) is 0.828. The Kier molecular flexibility index (Phi) is 5.33. The molecule has 1 aromatic heterocycles. The van der Waals surface area contributed by atoms with Crippen LogP contribution in [0.25, 0.3) is 0 Å². The Morgan fingerprint density at radius 2 is 2.42 bits per heavy atom. The van der Waals surface area contributed by atoms with Crippen molar-refractivity contribution in [3.05, 3.63) is 30.1 Å². The van der Waals surface area contributed by atoms with Gasteiger partial charge in [-0.15, -0.1) is 0 Å². The lowest BCUT2D eigenvalue weighted by Gasteiger charge is -2.27. The molecule has 19 heavy (non-hydrogen) atoms. The number of hydrogen-bond acceptors (Lipinski definition) is 3. The number of hydrogen-bond donors (Lipinski definition) is 1. The van der Waals surface area contributed by atoms with Crippen molar-refractivity contribution < 1.29 is 4.79 Å². The molecule has 0 radical (unpaired) electrons. The number of piperidine rings is 1. The maximum absolute atomic E-state index is 12.1. The molecule has 0 aromatic carbocycles. The second kappa shape index (κ2) is 7.24. The maximum Gasteiger partial charge on any atom is 0.222 e. The normalized spacial score (nSPS) is 19.1. The highest BCUT2D eigenvalue weighted by Gasteiger charge is 2.17. The first-order valence-electron chi connectivity index (χ1n) is 7.10. The molecule has 0 bridgehead atoms. The van der Waals surface area contributed by atoms with Gasteiger partial charge in [-0.2, -0.15) is 0 Å². The third-order valence-corrected chi connectivity index (χ3v) is 3.68. The van der Waals surface area contributed by atoms with E-state index in [2.05, 4.69) is 10.3 Å². The van der Waals surface area contributed by atoms with Crippen LogP contribution in [0.1, 0.15) is 25.0 Å². The fourth-order valence-corrected chi connectivity index (χ4v) is 2.54. The van der Waals surface area contributed by atoms with Crippen LogP contribution in [0.2, 0.25) is 0 Å². The van der Waals surface area contributed by atoms with Gasteiger partial charge in [-0.3, -0.25) is 9.78 Å². The fourth-order valence-electron chi connectivity index (χ4n) is 2.54. The van der Waals surface area contributed by atoms with E-state index >= 15 is 0 Å². The maximum atomic E-state index is 12.1. The quantitative estimate of drug-likeness (QED) is 0.873. The number of carbonyl (C=O) groups excluding carboxylic acids is 1. The molecule has 1 unspecified atom stereocenters. The van der Waals surface area contributed by atoms with Gasteiger partial charge < -0.3 is 10.2 Å². The van der Waals surface area contributed by atoms with Crippen LogP contribution in [0.4, 0.5) is 0 Å². The van der Waals surface area contributed by atoms with Gasteiger partial charge in [-0.1, -0.05) is 6.07 Å². The number of amides is 1. The molecule has 1 fully saturated rings. The summed E-state index contributed by atoms with van der Waals surface area (Å²) in [5, 5.41) is 3.39. The van der Waals surface area contributed by atoms with E-state index in [1.807, 2.05) is 30.1 Å². The topological polar surface area (TPSA) is 45.2 Å². The van der Waals surface area contributed by atoms with Gasteiger partial charge in [0.05, 0.1) is 0 Å².